The highest BCUT2D eigenvalue weighted by Crippen LogP contribution is 2.59. The van der Waals surface area contributed by atoms with Crippen LogP contribution in [0.2, 0.25) is 5.02 Å². The average molecular weight is 886 g/mol. The number of primary amides is 1. The number of nitrogens with two attached hydrogens (primary N) is 1. The summed E-state index contributed by atoms with van der Waals surface area (Å²) in [4.78, 5) is 84.6. The summed E-state index contributed by atoms with van der Waals surface area (Å²) in [6.07, 6.45) is 0.924. The van der Waals surface area contributed by atoms with E-state index in [0.29, 0.717) is 52.6 Å². The molecule has 1 saturated carbocycles. The second-order valence-corrected chi connectivity index (χ2v) is 18.9. The minimum absolute atomic E-state index is 0.158. The molecular formula is C45H50ClF2N9O6. The lowest BCUT2D eigenvalue weighted by Crippen LogP contribution is -2.77. The molecule has 5 aliphatic rings. The molecule has 3 aromatic rings. The molecule has 1 aromatic heterocycles. The van der Waals surface area contributed by atoms with Gasteiger partial charge in [-0.2, -0.15) is 5.26 Å². The number of nitriles is 1. The van der Waals surface area contributed by atoms with Crippen molar-refractivity contribution in [3.8, 4) is 11.8 Å². The molecule has 3 saturated heterocycles. The third-order valence-corrected chi connectivity index (χ3v) is 14.1. The number of hydrogen-bond donors (Lipinski definition) is 1. The van der Waals surface area contributed by atoms with E-state index in [9.17, 15) is 29.2 Å². The summed E-state index contributed by atoms with van der Waals surface area (Å²) in [6.45, 7) is 14.8. The molecule has 63 heavy (non-hydrogen) atoms. The van der Waals surface area contributed by atoms with Gasteiger partial charge < -0.3 is 20.3 Å². The van der Waals surface area contributed by atoms with E-state index in [1.165, 1.54) is 6.07 Å². The average Bonchev–Trinajstić information content (AvgIpc) is 3.46. The number of aryl methyl sites for hydroxylation is 2. The quantitative estimate of drug-likeness (QED) is 0.283. The Bertz CT molecular complexity index is 2460. The monoisotopic (exact) mass is 885 g/mol. The van der Waals surface area contributed by atoms with Crippen LogP contribution in [-0.4, -0.2) is 118 Å². The Morgan fingerprint density at radius 3 is 2.13 bits per heavy atom. The maximum Gasteiger partial charge on any atom is 0.265 e. The molecule has 0 radical (unpaired) electrons. The SMILES string of the molecule is Cc1nc(N2CCC(CN3CCN(c4c(F)cc5c(c4F)C(=O)N(C4CCC(=O)N(C6C(C)(C)C(Oc7ccc(C#N)c(Cl)c7)C6(C)C)C4=O)C5=O)CC3)CC2)nc(C)c1C(N)=O. The van der Waals surface area contributed by atoms with Crippen molar-refractivity contribution in [1.82, 2.24) is 24.7 Å². The first-order chi connectivity index (χ1) is 29.8. The number of carbonyl (C=O) groups excluding carboxylic acids is 5. The standard InChI is InChI=1S/C45H50ClF2N9O6/c1-23-33(37(50)59)24(2)52-43(51-23)55-13-11-25(12-14-55)22-53-15-17-54(18-16-53)36-30(47)20-28-34(35(36)48)40(62)56(38(28)60)31-9-10-32(58)57(39(31)61)41-44(3,4)42(45(41,5)6)63-27-8-7-26(21-49)29(46)19-27/h7-8,19-20,25,31,41-42H,9-18,22H2,1-6H3,(H2,50,59). The smallest absolute Gasteiger partial charge is 0.265 e. The van der Waals surface area contributed by atoms with Crippen molar-refractivity contribution in [2.24, 2.45) is 22.5 Å². The van der Waals surface area contributed by atoms with Crippen LogP contribution in [0.15, 0.2) is 24.3 Å². The molecule has 15 nitrogen and oxygen atoms in total. The first-order valence-corrected chi connectivity index (χ1v) is 21.6. The number of imide groups is 2. The second kappa shape index (κ2) is 16.1. The number of fused-ring (bicyclic) bond motifs is 1. The van der Waals surface area contributed by atoms with Gasteiger partial charge in [-0.3, -0.25) is 38.7 Å². The predicted molar refractivity (Wildman–Crippen MR) is 227 cm³/mol. The Labute approximate surface area is 369 Å². The summed E-state index contributed by atoms with van der Waals surface area (Å²) in [7, 11) is 0. The maximum atomic E-state index is 16.5. The molecule has 2 N–H and O–H groups in total. The van der Waals surface area contributed by atoms with Crippen LogP contribution in [-0.2, 0) is 9.59 Å². The van der Waals surface area contributed by atoms with Gasteiger partial charge >= 0.3 is 0 Å². The zero-order valence-electron chi connectivity index (χ0n) is 36.1. The Morgan fingerprint density at radius 2 is 1.54 bits per heavy atom. The van der Waals surface area contributed by atoms with Crippen molar-refractivity contribution in [2.45, 2.75) is 85.4 Å². The first kappa shape index (κ1) is 43.9. The van der Waals surface area contributed by atoms with E-state index in [1.54, 1.807) is 30.9 Å². The van der Waals surface area contributed by atoms with E-state index >= 15 is 8.78 Å². The van der Waals surface area contributed by atoms with Gasteiger partial charge in [0.1, 0.15) is 35.5 Å². The van der Waals surface area contributed by atoms with E-state index in [2.05, 4.69) is 19.8 Å². The summed E-state index contributed by atoms with van der Waals surface area (Å²) in [5, 5.41) is 9.50. The van der Waals surface area contributed by atoms with E-state index in [4.69, 9.17) is 22.1 Å². The zero-order valence-corrected chi connectivity index (χ0v) is 36.9. The van der Waals surface area contributed by atoms with Gasteiger partial charge in [0.2, 0.25) is 11.9 Å². The number of anilines is 2. The summed E-state index contributed by atoms with van der Waals surface area (Å²) in [5.74, 6) is -4.62. The summed E-state index contributed by atoms with van der Waals surface area (Å²) < 4.78 is 38.8. The predicted octanol–water partition coefficient (Wildman–Crippen LogP) is 5.03. The number of carbonyl (C=O) groups is 5. The Morgan fingerprint density at radius 1 is 0.905 bits per heavy atom. The van der Waals surface area contributed by atoms with Crippen LogP contribution in [0.25, 0.3) is 0 Å². The number of halogens is 3. The number of amides is 5. The van der Waals surface area contributed by atoms with E-state index in [0.717, 1.165) is 43.4 Å². The van der Waals surface area contributed by atoms with Crippen molar-refractivity contribution in [3.05, 3.63) is 74.6 Å². The third-order valence-electron chi connectivity index (χ3n) is 13.8. The van der Waals surface area contributed by atoms with E-state index in [1.807, 2.05) is 33.8 Å². The number of rotatable bonds is 9. The normalized spacial score (nSPS) is 23.8. The third kappa shape index (κ3) is 7.34. The minimum atomic E-state index is -1.41. The molecule has 1 atom stereocenters. The number of benzene rings is 2. The number of piperidine rings is 2. The Kier molecular flexibility index (Phi) is 11.2. The molecule has 18 heteroatoms. The van der Waals surface area contributed by atoms with Crippen LogP contribution in [0, 0.1) is 53.6 Å². The second-order valence-electron chi connectivity index (χ2n) is 18.5. The lowest BCUT2D eigenvalue weighted by atomic mass is 9.48. The Balaban J connectivity index is 0.919. The molecule has 0 spiro atoms. The van der Waals surface area contributed by atoms with Crippen LogP contribution in [0.4, 0.5) is 20.4 Å². The van der Waals surface area contributed by atoms with Crippen LogP contribution >= 0.6 is 11.6 Å². The molecule has 1 unspecified atom stereocenters. The fourth-order valence-electron chi connectivity index (χ4n) is 11.1. The molecule has 1 aliphatic carbocycles. The molecule has 332 valence electrons. The van der Waals surface area contributed by atoms with Crippen LogP contribution < -0.4 is 20.3 Å². The van der Waals surface area contributed by atoms with Gasteiger partial charge in [-0.15, -0.1) is 0 Å². The lowest BCUT2D eigenvalue weighted by molar-refractivity contribution is -0.216. The largest absolute Gasteiger partial charge is 0.489 e. The molecule has 2 aromatic carbocycles. The van der Waals surface area contributed by atoms with E-state index < -0.39 is 87.0 Å². The topological polar surface area (TPSA) is 186 Å². The molecule has 5 amide bonds. The number of aromatic nitrogens is 2. The van der Waals surface area contributed by atoms with Gasteiger partial charge in [-0.05, 0) is 57.2 Å². The first-order valence-electron chi connectivity index (χ1n) is 21.3. The van der Waals surface area contributed by atoms with Crippen LogP contribution in [0.3, 0.4) is 0 Å². The summed E-state index contributed by atoms with van der Waals surface area (Å²) in [5.41, 5.74) is 4.14. The van der Waals surface area contributed by atoms with Gasteiger partial charge in [0.05, 0.1) is 44.7 Å². The van der Waals surface area contributed by atoms with Crippen molar-refractivity contribution in [2.75, 3.05) is 55.6 Å². The van der Waals surface area contributed by atoms with Gasteiger partial charge in [0.25, 0.3) is 23.6 Å². The number of ether oxygens (including phenoxy) is 1. The lowest BCUT2D eigenvalue weighted by Gasteiger charge is -2.65. The molecule has 0 bridgehead atoms. The minimum Gasteiger partial charge on any atom is -0.489 e. The highest BCUT2D eigenvalue weighted by Gasteiger charge is 2.68. The Hall–Kier alpha value is -5.73. The molecular weight excluding hydrogens is 836 g/mol. The van der Waals surface area contributed by atoms with Crippen molar-refractivity contribution < 1.29 is 37.5 Å². The number of nitrogens with zero attached hydrogens (tertiary/aromatic N) is 8. The van der Waals surface area contributed by atoms with Crippen molar-refractivity contribution in [1.29, 1.82) is 5.26 Å². The fraction of sp³-hybridized carbons (Fsp3) is 0.511. The number of hydrogen-bond acceptors (Lipinski definition) is 12. The number of piperazine rings is 1. The molecule has 5 heterocycles. The van der Waals surface area contributed by atoms with Crippen LogP contribution in [0.5, 0.6) is 5.75 Å². The number of likely N-dealkylation sites (tertiary alicyclic amines) is 1. The zero-order chi connectivity index (χ0) is 45.4. The van der Waals surface area contributed by atoms with E-state index in [-0.39, 0.29) is 36.5 Å². The van der Waals surface area contributed by atoms with Crippen LogP contribution in [0.1, 0.15) is 101 Å². The molecule has 4 aliphatic heterocycles. The van der Waals surface area contributed by atoms with Gasteiger partial charge in [-0.1, -0.05) is 39.3 Å². The van der Waals surface area contributed by atoms with Crippen molar-refractivity contribution >= 4 is 52.8 Å². The summed E-state index contributed by atoms with van der Waals surface area (Å²) in [6, 6.07) is 5.45. The van der Waals surface area contributed by atoms with Gasteiger partial charge in [0, 0.05) is 69.1 Å². The highest BCUT2D eigenvalue weighted by atomic mass is 35.5. The molecule has 4 fully saturated rings. The van der Waals surface area contributed by atoms with Gasteiger partial charge in [-0.25, -0.2) is 18.7 Å². The summed E-state index contributed by atoms with van der Waals surface area (Å²) >= 11 is 6.25. The van der Waals surface area contributed by atoms with Crippen molar-refractivity contribution in [3.63, 3.8) is 0 Å². The maximum absolute atomic E-state index is 16.5. The fourth-order valence-corrected chi connectivity index (χ4v) is 11.3. The highest BCUT2D eigenvalue weighted by molar-refractivity contribution is 6.31. The van der Waals surface area contributed by atoms with Gasteiger partial charge in [0.15, 0.2) is 5.82 Å². The molecule has 8 rings (SSSR count).